The first-order valence-corrected chi connectivity index (χ1v) is 8.07. The smallest absolute Gasteiger partial charge is 0.341 e. The molecule has 1 heterocycles. The van der Waals surface area contributed by atoms with E-state index in [1.54, 1.807) is 24.3 Å². The van der Waals surface area contributed by atoms with Crippen LogP contribution in [0.25, 0.3) is 22.2 Å². The topological polar surface area (TPSA) is 123 Å². The number of rotatable bonds is 7. The number of benzene rings is 2. The average Bonchev–Trinajstić information content (AvgIpc) is 3.06. The molecule has 0 bridgehead atoms. The number of nitrogens with zero attached hydrogens (tertiary/aromatic N) is 2. The van der Waals surface area contributed by atoms with Gasteiger partial charge in [-0.15, -0.1) is 0 Å². The Kier molecular flexibility index (Phi) is 4.85. The lowest BCUT2D eigenvalue weighted by Crippen LogP contribution is -2.09. The van der Waals surface area contributed by atoms with Gasteiger partial charge < -0.3 is 19.5 Å². The van der Waals surface area contributed by atoms with E-state index in [-0.39, 0.29) is 11.0 Å². The summed E-state index contributed by atoms with van der Waals surface area (Å²) in [4.78, 5) is 25.3. The standard InChI is InChI=1S/C16H12N2O6S/c19-13(20)7-23-12-4-3-9-5-11(2-1-10(9)6-12)15-17-16(24-18-15)25-8-14(21)22/h1-6H,7-8H2,(H,19,20)(H,21,22). The molecule has 9 heteroatoms. The van der Waals surface area contributed by atoms with Crippen LogP contribution in [0.15, 0.2) is 46.1 Å². The van der Waals surface area contributed by atoms with Crippen LogP contribution in [0.4, 0.5) is 0 Å². The number of carboxylic acid groups (broad SMARTS) is 2. The van der Waals surface area contributed by atoms with Gasteiger partial charge in [-0.2, -0.15) is 4.98 Å². The van der Waals surface area contributed by atoms with Gasteiger partial charge in [-0.25, -0.2) is 4.79 Å². The van der Waals surface area contributed by atoms with Crippen LogP contribution in [0.3, 0.4) is 0 Å². The molecule has 0 fully saturated rings. The lowest BCUT2D eigenvalue weighted by molar-refractivity contribution is -0.139. The van der Waals surface area contributed by atoms with Gasteiger partial charge in [0.25, 0.3) is 5.22 Å². The molecular formula is C16H12N2O6S. The molecule has 0 unspecified atom stereocenters. The number of aromatic nitrogens is 2. The Morgan fingerprint density at radius 1 is 1.08 bits per heavy atom. The van der Waals surface area contributed by atoms with Gasteiger partial charge in [0.1, 0.15) is 11.5 Å². The number of fused-ring (bicyclic) bond motifs is 1. The predicted octanol–water partition coefficient (Wildman–Crippen LogP) is 2.53. The predicted molar refractivity (Wildman–Crippen MR) is 88.7 cm³/mol. The first-order valence-electron chi connectivity index (χ1n) is 7.08. The summed E-state index contributed by atoms with van der Waals surface area (Å²) in [5, 5.41) is 23.1. The minimum absolute atomic E-state index is 0.154. The second kappa shape index (κ2) is 7.22. The molecule has 0 amide bonds. The van der Waals surface area contributed by atoms with Crippen molar-refractivity contribution in [3.8, 4) is 17.1 Å². The van der Waals surface area contributed by atoms with E-state index < -0.39 is 18.5 Å². The molecule has 0 atom stereocenters. The minimum atomic E-state index is -1.04. The molecule has 3 aromatic rings. The zero-order valence-corrected chi connectivity index (χ0v) is 13.5. The number of carboxylic acids is 2. The van der Waals surface area contributed by atoms with E-state index >= 15 is 0 Å². The molecule has 0 saturated heterocycles. The molecule has 0 spiro atoms. The van der Waals surface area contributed by atoms with E-state index in [2.05, 4.69) is 10.1 Å². The number of thioether (sulfide) groups is 1. The molecule has 128 valence electrons. The van der Waals surface area contributed by atoms with Crippen molar-refractivity contribution in [3.63, 3.8) is 0 Å². The van der Waals surface area contributed by atoms with Crippen molar-refractivity contribution >= 4 is 34.5 Å². The largest absolute Gasteiger partial charge is 0.482 e. The van der Waals surface area contributed by atoms with E-state index in [1.807, 2.05) is 12.1 Å². The first-order chi connectivity index (χ1) is 12.0. The van der Waals surface area contributed by atoms with Gasteiger partial charge in [0, 0.05) is 5.56 Å². The Balaban J connectivity index is 1.80. The van der Waals surface area contributed by atoms with Crippen molar-refractivity contribution in [2.24, 2.45) is 0 Å². The average molecular weight is 360 g/mol. The summed E-state index contributed by atoms with van der Waals surface area (Å²) < 4.78 is 10.2. The molecule has 0 aliphatic heterocycles. The third kappa shape index (κ3) is 4.27. The minimum Gasteiger partial charge on any atom is -0.482 e. The molecule has 0 radical (unpaired) electrons. The Hall–Kier alpha value is -3.07. The second-order valence-corrected chi connectivity index (χ2v) is 5.90. The van der Waals surface area contributed by atoms with Gasteiger partial charge in [0.05, 0.1) is 0 Å². The fraction of sp³-hybridized carbons (Fsp3) is 0.125. The number of hydrogen-bond acceptors (Lipinski definition) is 7. The van der Waals surface area contributed by atoms with Crippen LogP contribution in [-0.4, -0.2) is 44.7 Å². The zero-order valence-electron chi connectivity index (χ0n) is 12.7. The molecule has 25 heavy (non-hydrogen) atoms. The lowest BCUT2D eigenvalue weighted by Gasteiger charge is -2.05. The van der Waals surface area contributed by atoms with E-state index in [1.165, 1.54) is 0 Å². The fourth-order valence-electron chi connectivity index (χ4n) is 2.11. The molecule has 1 aromatic heterocycles. The molecule has 8 nitrogen and oxygen atoms in total. The molecule has 0 aliphatic carbocycles. The van der Waals surface area contributed by atoms with Crippen molar-refractivity contribution in [1.82, 2.24) is 10.1 Å². The summed E-state index contributed by atoms with van der Waals surface area (Å²) in [5.41, 5.74) is 0.720. The van der Waals surface area contributed by atoms with E-state index in [4.69, 9.17) is 19.5 Å². The summed E-state index contributed by atoms with van der Waals surface area (Å²) in [7, 11) is 0. The molecule has 3 rings (SSSR count). The lowest BCUT2D eigenvalue weighted by atomic mass is 10.1. The Morgan fingerprint density at radius 2 is 1.84 bits per heavy atom. The number of carbonyl (C=O) groups is 2. The molecular weight excluding hydrogens is 348 g/mol. The first kappa shape index (κ1) is 16.8. The van der Waals surface area contributed by atoms with E-state index in [0.29, 0.717) is 11.6 Å². The third-order valence-electron chi connectivity index (χ3n) is 3.16. The van der Waals surface area contributed by atoms with Crippen LogP contribution in [0.5, 0.6) is 5.75 Å². The maximum Gasteiger partial charge on any atom is 0.341 e. The summed E-state index contributed by atoms with van der Waals surface area (Å²) >= 11 is 0.953. The maximum absolute atomic E-state index is 10.6. The molecule has 0 aliphatic rings. The summed E-state index contributed by atoms with van der Waals surface area (Å²) in [6.07, 6.45) is 0. The SMILES string of the molecule is O=C(O)COc1ccc2cc(-c3noc(SCC(=O)O)n3)ccc2c1. The Morgan fingerprint density at radius 3 is 2.60 bits per heavy atom. The van der Waals surface area contributed by atoms with Crippen molar-refractivity contribution in [1.29, 1.82) is 0 Å². The van der Waals surface area contributed by atoms with Crippen molar-refractivity contribution in [3.05, 3.63) is 36.4 Å². The van der Waals surface area contributed by atoms with Crippen LogP contribution in [-0.2, 0) is 9.59 Å². The van der Waals surface area contributed by atoms with Gasteiger partial charge in [-0.1, -0.05) is 35.1 Å². The fourth-order valence-corrected chi connectivity index (χ4v) is 2.59. The van der Waals surface area contributed by atoms with E-state index in [9.17, 15) is 9.59 Å². The monoisotopic (exact) mass is 360 g/mol. The highest BCUT2D eigenvalue weighted by Crippen LogP contribution is 2.27. The van der Waals surface area contributed by atoms with Crippen LogP contribution in [0.1, 0.15) is 0 Å². The number of aliphatic carboxylic acids is 2. The van der Waals surface area contributed by atoms with Crippen LogP contribution in [0.2, 0.25) is 0 Å². The van der Waals surface area contributed by atoms with Gasteiger partial charge >= 0.3 is 11.9 Å². The van der Waals surface area contributed by atoms with Crippen molar-refractivity contribution in [2.45, 2.75) is 5.22 Å². The van der Waals surface area contributed by atoms with Crippen molar-refractivity contribution < 1.29 is 29.1 Å². The van der Waals surface area contributed by atoms with Crippen LogP contribution in [0, 0.1) is 0 Å². The maximum atomic E-state index is 10.6. The van der Waals surface area contributed by atoms with Gasteiger partial charge in [0.15, 0.2) is 6.61 Å². The van der Waals surface area contributed by atoms with Crippen LogP contribution >= 0.6 is 11.8 Å². The second-order valence-electron chi connectivity index (χ2n) is 4.97. The molecule has 0 saturated carbocycles. The normalized spacial score (nSPS) is 10.7. The van der Waals surface area contributed by atoms with Gasteiger partial charge in [0.2, 0.25) is 5.82 Å². The number of hydrogen-bond donors (Lipinski definition) is 2. The van der Waals surface area contributed by atoms with Crippen LogP contribution < -0.4 is 4.74 Å². The summed E-state index contributed by atoms with van der Waals surface area (Å²) in [5.74, 6) is -1.32. The Labute approximate surface area is 145 Å². The number of ether oxygens (including phenoxy) is 1. The third-order valence-corrected chi connectivity index (χ3v) is 3.96. The van der Waals surface area contributed by atoms with Gasteiger partial charge in [-0.3, -0.25) is 4.79 Å². The summed E-state index contributed by atoms with van der Waals surface area (Å²) in [6, 6.07) is 10.7. The highest BCUT2D eigenvalue weighted by atomic mass is 32.2. The zero-order chi connectivity index (χ0) is 17.8. The highest BCUT2D eigenvalue weighted by molar-refractivity contribution is 7.99. The van der Waals surface area contributed by atoms with Gasteiger partial charge in [-0.05, 0) is 29.0 Å². The Bertz CT molecular complexity index is 939. The molecule has 2 aromatic carbocycles. The quantitative estimate of drug-likeness (QED) is 0.612. The molecule has 2 N–H and O–H groups in total. The highest BCUT2D eigenvalue weighted by Gasteiger charge is 2.11. The van der Waals surface area contributed by atoms with Crippen molar-refractivity contribution in [2.75, 3.05) is 12.4 Å². The van der Waals surface area contributed by atoms with E-state index in [0.717, 1.165) is 28.1 Å². The summed E-state index contributed by atoms with van der Waals surface area (Å²) in [6.45, 7) is -0.400.